The number of para-hydroxylation sites is 1. The van der Waals surface area contributed by atoms with Crippen LogP contribution in [0.25, 0.3) is 10.9 Å². The molecule has 1 amide bonds. The summed E-state index contributed by atoms with van der Waals surface area (Å²) in [5, 5.41) is 18.1. The molecule has 2 aromatic heterocycles. The first-order valence-corrected chi connectivity index (χ1v) is 8.48. The highest BCUT2D eigenvalue weighted by Gasteiger charge is 2.34. The number of H-pyrrole nitrogens is 1. The van der Waals surface area contributed by atoms with Gasteiger partial charge in [0.05, 0.1) is 18.0 Å². The zero-order valence-electron chi connectivity index (χ0n) is 13.8. The van der Waals surface area contributed by atoms with Gasteiger partial charge in [-0.2, -0.15) is 5.10 Å². The zero-order chi connectivity index (χ0) is 17.2. The maximum Gasteiger partial charge on any atom is 0.228 e. The van der Waals surface area contributed by atoms with Crippen molar-refractivity contribution in [1.82, 2.24) is 20.1 Å². The molecule has 1 aliphatic rings. The summed E-state index contributed by atoms with van der Waals surface area (Å²) in [5.74, 6) is 0.0247. The van der Waals surface area contributed by atoms with E-state index < -0.39 is 6.10 Å². The molecule has 3 heterocycles. The number of benzene rings is 1. The van der Waals surface area contributed by atoms with Crippen LogP contribution in [0.2, 0.25) is 0 Å². The number of nitrogens with one attached hydrogen (secondary N) is 1. The Kier molecular flexibility index (Phi) is 4.19. The van der Waals surface area contributed by atoms with Crippen LogP contribution in [0.4, 0.5) is 0 Å². The second-order valence-corrected chi connectivity index (χ2v) is 6.58. The van der Waals surface area contributed by atoms with Crippen molar-refractivity contribution in [2.24, 2.45) is 5.92 Å². The molecule has 25 heavy (non-hydrogen) atoms. The van der Waals surface area contributed by atoms with Gasteiger partial charge in [0.2, 0.25) is 5.91 Å². The number of aromatic amines is 1. The summed E-state index contributed by atoms with van der Waals surface area (Å²) in [6.45, 7) is 0.938. The molecule has 0 saturated carbocycles. The van der Waals surface area contributed by atoms with Crippen LogP contribution in [-0.2, 0) is 17.6 Å². The maximum absolute atomic E-state index is 12.4. The summed E-state index contributed by atoms with van der Waals surface area (Å²) in [4.78, 5) is 18.8. The van der Waals surface area contributed by atoms with E-state index in [0.717, 1.165) is 22.3 Å². The molecule has 0 aliphatic carbocycles. The number of hydrogen-bond donors (Lipinski definition) is 2. The number of amides is 1. The number of aromatic nitrogens is 3. The number of nitrogens with zero attached hydrogens (tertiary/aromatic N) is 3. The molecule has 6 heteroatoms. The van der Waals surface area contributed by atoms with Gasteiger partial charge in [0.1, 0.15) is 0 Å². The number of rotatable bonds is 4. The number of β-amino-alcohol motifs (C(OH)–C–C–N with tert-alkyl or cyclic N) is 1. The molecule has 1 saturated heterocycles. The van der Waals surface area contributed by atoms with Crippen LogP contribution in [0.1, 0.15) is 11.4 Å². The molecular formula is C19H20N4O2. The summed E-state index contributed by atoms with van der Waals surface area (Å²) >= 11 is 0. The van der Waals surface area contributed by atoms with E-state index in [4.69, 9.17) is 0 Å². The third-order valence-electron chi connectivity index (χ3n) is 4.79. The lowest BCUT2D eigenvalue weighted by Crippen LogP contribution is -2.31. The van der Waals surface area contributed by atoms with Gasteiger partial charge in [0.15, 0.2) is 0 Å². The van der Waals surface area contributed by atoms with E-state index >= 15 is 0 Å². The minimum Gasteiger partial charge on any atom is -0.391 e. The number of fused-ring (bicyclic) bond motifs is 1. The third-order valence-corrected chi connectivity index (χ3v) is 4.79. The topological polar surface area (TPSA) is 82.1 Å². The lowest BCUT2D eigenvalue weighted by atomic mass is 9.99. The van der Waals surface area contributed by atoms with E-state index in [1.807, 2.05) is 30.3 Å². The van der Waals surface area contributed by atoms with E-state index in [9.17, 15) is 9.90 Å². The van der Waals surface area contributed by atoms with Crippen molar-refractivity contribution in [2.45, 2.75) is 18.9 Å². The van der Waals surface area contributed by atoms with Crippen LogP contribution in [0.5, 0.6) is 0 Å². The molecular weight excluding hydrogens is 316 g/mol. The summed E-state index contributed by atoms with van der Waals surface area (Å²) in [6.07, 6.45) is 2.07. The molecule has 2 atom stereocenters. The van der Waals surface area contributed by atoms with Crippen molar-refractivity contribution in [3.8, 4) is 0 Å². The highest BCUT2D eigenvalue weighted by atomic mass is 16.3. The van der Waals surface area contributed by atoms with Gasteiger partial charge >= 0.3 is 0 Å². The van der Waals surface area contributed by atoms with E-state index in [1.165, 1.54) is 0 Å². The van der Waals surface area contributed by atoms with Crippen molar-refractivity contribution >= 4 is 16.8 Å². The van der Waals surface area contributed by atoms with E-state index in [-0.39, 0.29) is 18.2 Å². The first-order chi connectivity index (χ1) is 12.2. The van der Waals surface area contributed by atoms with Gasteiger partial charge in [0.25, 0.3) is 0 Å². The number of pyridine rings is 1. The Bertz CT molecular complexity index is 878. The molecule has 4 rings (SSSR count). The average Bonchev–Trinajstić information content (AvgIpc) is 3.25. The van der Waals surface area contributed by atoms with Gasteiger partial charge < -0.3 is 10.0 Å². The van der Waals surface area contributed by atoms with Crippen LogP contribution in [0.3, 0.4) is 0 Å². The third kappa shape index (κ3) is 3.39. The van der Waals surface area contributed by atoms with Gasteiger partial charge in [-0.25, -0.2) is 0 Å². The van der Waals surface area contributed by atoms with Gasteiger partial charge in [-0.1, -0.05) is 24.3 Å². The molecule has 128 valence electrons. The van der Waals surface area contributed by atoms with Crippen LogP contribution >= 0.6 is 0 Å². The number of hydrogen-bond acceptors (Lipinski definition) is 4. The number of likely N-dealkylation sites (tertiary alicyclic amines) is 1. The molecule has 3 aromatic rings. The smallest absolute Gasteiger partial charge is 0.228 e. The van der Waals surface area contributed by atoms with Crippen molar-refractivity contribution in [1.29, 1.82) is 0 Å². The maximum atomic E-state index is 12.4. The van der Waals surface area contributed by atoms with Crippen LogP contribution in [-0.4, -0.2) is 50.3 Å². The van der Waals surface area contributed by atoms with E-state index in [2.05, 4.69) is 21.2 Å². The Morgan fingerprint density at radius 1 is 1.20 bits per heavy atom. The van der Waals surface area contributed by atoms with Gasteiger partial charge in [-0.05, 0) is 24.6 Å². The van der Waals surface area contributed by atoms with Crippen molar-refractivity contribution < 1.29 is 9.90 Å². The highest BCUT2D eigenvalue weighted by Crippen LogP contribution is 2.23. The van der Waals surface area contributed by atoms with Crippen LogP contribution < -0.4 is 0 Å². The molecule has 1 aliphatic heterocycles. The standard InChI is InChI=1S/C19H20N4O2/c24-18-12-23(19(25)10-16-7-8-20-22-16)11-14(18)9-15-6-5-13-3-1-2-4-17(13)21-15/h1-8,14,18,24H,9-12H2,(H,20,22)/t14-,18-/m1/s1. The summed E-state index contributed by atoms with van der Waals surface area (Å²) < 4.78 is 0. The fourth-order valence-electron chi connectivity index (χ4n) is 3.41. The second kappa shape index (κ2) is 6.64. The lowest BCUT2D eigenvalue weighted by Gasteiger charge is -2.15. The van der Waals surface area contributed by atoms with Crippen LogP contribution in [0.15, 0.2) is 48.7 Å². The minimum atomic E-state index is -0.515. The predicted octanol–water partition coefficient (Wildman–Crippen LogP) is 1.56. The van der Waals surface area contributed by atoms with Crippen molar-refractivity contribution in [3.63, 3.8) is 0 Å². The normalized spacial score (nSPS) is 20.3. The Morgan fingerprint density at radius 2 is 2.08 bits per heavy atom. The SMILES string of the molecule is O=C(Cc1ccn[nH]1)N1C[C@@H](Cc2ccc3ccccc3n2)[C@H](O)C1. The van der Waals surface area contributed by atoms with Crippen LogP contribution in [0, 0.1) is 5.92 Å². The number of carbonyl (C=O) groups excluding carboxylic acids is 1. The van der Waals surface area contributed by atoms with Gasteiger partial charge in [-0.3, -0.25) is 14.9 Å². The number of aliphatic hydroxyl groups excluding tert-OH is 1. The minimum absolute atomic E-state index is 0.0114. The Balaban J connectivity index is 1.43. The van der Waals surface area contributed by atoms with Gasteiger partial charge in [0, 0.05) is 42.0 Å². The average molecular weight is 336 g/mol. The molecule has 0 spiro atoms. The highest BCUT2D eigenvalue weighted by molar-refractivity contribution is 5.79. The first-order valence-electron chi connectivity index (χ1n) is 8.48. The monoisotopic (exact) mass is 336 g/mol. The molecule has 6 nitrogen and oxygen atoms in total. The van der Waals surface area contributed by atoms with E-state index in [0.29, 0.717) is 19.5 Å². The number of carbonyl (C=O) groups is 1. The summed E-state index contributed by atoms with van der Waals surface area (Å²) in [6, 6.07) is 13.8. The fraction of sp³-hybridized carbons (Fsp3) is 0.316. The fourth-order valence-corrected chi connectivity index (χ4v) is 3.41. The molecule has 0 unspecified atom stereocenters. The summed E-state index contributed by atoms with van der Waals surface area (Å²) in [5.41, 5.74) is 2.70. The number of aliphatic hydroxyl groups is 1. The quantitative estimate of drug-likeness (QED) is 0.757. The molecule has 0 radical (unpaired) electrons. The lowest BCUT2D eigenvalue weighted by molar-refractivity contribution is -0.129. The Hall–Kier alpha value is -2.73. The van der Waals surface area contributed by atoms with Crippen molar-refractivity contribution in [3.05, 3.63) is 60.0 Å². The molecule has 0 bridgehead atoms. The second-order valence-electron chi connectivity index (χ2n) is 6.58. The van der Waals surface area contributed by atoms with E-state index in [1.54, 1.807) is 17.2 Å². The van der Waals surface area contributed by atoms with Gasteiger partial charge in [-0.15, -0.1) is 0 Å². The zero-order valence-corrected chi connectivity index (χ0v) is 13.8. The predicted molar refractivity (Wildman–Crippen MR) is 93.8 cm³/mol. The largest absolute Gasteiger partial charge is 0.391 e. The first kappa shape index (κ1) is 15.8. The Morgan fingerprint density at radius 3 is 2.92 bits per heavy atom. The van der Waals surface area contributed by atoms with Crippen molar-refractivity contribution in [2.75, 3.05) is 13.1 Å². The Labute approximate surface area is 145 Å². The molecule has 1 aromatic carbocycles. The summed E-state index contributed by atoms with van der Waals surface area (Å²) in [7, 11) is 0. The molecule has 2 N–H and O–H groups in total. The molecule has 1 fully saturated rings.